The number of phosphoric acid groups is 2. The molecule has 0 bridgehead atoms. The van der Waals surface area contributed by atoms with E-state index >= 15 is 0 Å². The Morgan fingerprint density at radius 3 is 0.683 bits per heavy atom. The summed E-state index contributed by atoms with van der Waals surface area (Å²) in [6.45, 7) is 14.3. The van der Waals surface area contributed by atoms with Gasteiger partial charge in [-0.15, -0.1) is 0 Å². The van der Waals surface area contributed by atoms with E-state index in [1.165, 1.54) is 238 Å². The Morgan fingerprint density at radius 1 is 0.269 bits per heavy atom. The molecule has 0 amide bonds. The summed E-state index contributed by atoms with van der Waals surface area (Å²) in [5.74, 6) is 1.04. The summed E-state index contributed by atoms with van der Waals surface area (Å²) in [5.41, 5.74) is 0. The molecule has 618 valence electrons. The summed E-state index contributed by atoms with van der Waals surface area (Å²) in [6, 6.07) is 0. The second kappa shape index (κ2) is 73.8. The van der Waals surface area contributed by atoms with Crippen molar-refractivity contribution < 1.29 is 80.2 Å². The van der Waals surface area contributed by atoms with Crippen LogP contribution in [0.4, 0.5) is 0 Å². The lowest BCUT2D eigenvalue weighted by Crippen LogP contribution is -2.30. The van der Waals surface area contributed by atoms with Gasteiger partial charge in [-0.05, 0) is 49.4 Å². The predicted molar refractivity (Wildman–Crippen MR) is 428 cm³/mol. The highest BCUT2D eigenvalue weighted by Crippen LogP contribution is 2.45. The van der Waals surface area contributed by atoms with Gasteiger partial charge in [0.15, 0.2) is 12.2 Å². The Kier molecular flexibility index (Phi) is 72.5. The molecule has 0 radical (unpaired) electrons. The zero-order valence-electron chi connectivity index (χ0n) is 68.7. The van der Waals surface area contributed by atoms with Gasteiger partial charge in [-0.3, -0.25) is 37.3 Å². The smallest absolute Gasteiger partial charge is 0.462 e. The largest absolute Gasteiger partial charge is 0.472 e. The number of carbonyl (C=O) groups excluding carboxylic acids is 4. The summed E-state index contributed by atoms with van der Waals surface area (Å²) >= 11 is 0. The van der Waals surface area contributed by atoms with Crippen molar-refractivity contribution in [2.75, 3.05) is 39.6 Å². The molecule has 0 rings (SSSR count). The molecule has 0 aromatic heterocycles. The SMILES string of the molecule is CCC(C)CCCCCCCCCCCCCCCCCCCCC(=O)O[C@H](COC(=O)CCCCCCCCCC(C)C)COP(=O)(O)OCC(O)COP(=O)(O)OC[C@@H](COC(=O)CCCCCCCCCCCCCC(C)C)OC(=O)CCCCCCCCCCCCCCCCCC(C)C. The number of hydrogen-bond donors (Lipinski definition) is 3. The fourth-order valence-electron chi connectivity index (χ4n) is 13.1. The molecule has 0 aromatic carbocycles. The van der Waals surface area contributed by atoms with Crippen LogP contribution in [0.25, 0.3) is 0 Å². The second-order valence-electron chi connectivity index (χ2n) is 32.2. The topological polar surface area (TPSA) is 237 Å². The van der Waals surface area contributed by atoms with E-state index in [4.69, 9.17) is 37.0 Å². The minimum Gasteiger partial charge on any atom is -0.462 e. The quantitative estimate of drug-likeness (QED) is 0.0222. The molecule has 19 heteroatoms. The summed E-state index contributed by atoms with van der Waals surface area (Å²) in [6.07, 6.45) is 62.5. The molecular formula is C85H166O17P2. The van der Waals surface area contributed by atoms with Crippen LogP contribution >= 0.6 is 15.6 Å². The van der Waals surface area contributed by atoms with Crippen molar-refractivity contribution in [2.24, 2.45) is 23.7 Å². The van der Waals surface area contributed by atoms with Gasteiger partial charge in [0.1, 0.15) is 19.3 Å². The maximum Gasteiger partial charge on any atom is 0.472 e. The standard InChI is InChI=1S/C85H166O17P2/c1-9-78(8)64-56-48-40-32-26-20-16-12-10-11-13-17-21-27-34-42-51-59-68-85(90)102-81(72-96-83(88)66-58-50-44-36-39-47-55-63-77(6)7)74-100-104(93,94)98-70-79(86)69-97-103(91,92)99-73-80(71-95-82(87)65-57-49-41-33-29-23-25-31-38-46-54-62-76(4)5)101-84(89)67-60-52-43-35-28-22-18-14-15-19-24-30-37-45-53-61-75(2)3/h75-81,86H,9-74H2,1-8H3,(H,91,92)(H,93,94)/t78?,79?,80-,81-/m1/s1. The van der Waals surface area contributed by atoms with Crippen LogP contribution in [0.1, 0.15) is 441 Å². The summed E-state index contributed by atoms with van der Waals surface area (Å²) in [5, 5.41) is 10.7. The third-order valence-corrected chi connectivity index (χ3v) is 22.1. The average Bonchev–Trinajstić information content (AvgIpc) is 0.904. The third kappa shape index (κ3) is 76.8. The van der Waals surface area contributed by atoms with Gasteiger partial charge >= 0.3 is 39.5 Å². The molecule has 0 aliphatic rings. The number of aliphatic hydroxyl groups is 1. The molecule has 0 fully saturated rings. The highest BCUT2D eigenvalue weighted by molar-refractivity contribution is 7.47. The highest BCUT2D eigenvalue weighted by Gasteiger charge is 2.30. The van der Waals surface area contributed by atoms with E-state index in [9.17, 15) is 43.2 Å². The lowest BCUT2D eigenvalue weighted by molar-refractivity contribution is -0.161. The maximum atomic E-state index is 13.1. The zero-order chi connectivity index (χ0) is 76.7. The van der Waals surface area contributed by atoms with E-state index in [-0.39, 0.29) is 25.7 Å². The zero-order valence-corrected chi connectivity index (χ0v) is 70.5. The van der Waals surface area contributed by atoms with Crippen LogP contribution in [0.2, 0.25) is 0 Å². The number of hydrogen-bond acceptors (Lipinski definition) is 15. The van der Waals surface area contributed by atoms with Crippen LogP contribution in [0.5, 0.6) is 0 Å². The first-order chi connectivity index (χ1) is 50.1. The van der Waals surface area contributed by atoms with Crippen LogP contribution < -0.4 is 0 Å². The monoisotopic (exact) mass is 1520 g/mol. The predicted octanol–water partition coefficient (Wildman–Crippen LogP) is 25.6. The summed E-state index contributed by atoms with van der Waals surface area (Å²) in [7, 11) is -9.93. The first kappa shape index (κ1) is 102. The lowest BCUT2D eigenvalue weighted by atomic mass is 9.99. The van der Waals surface area contributed by atoms with Crippen LogP contribution in [0.15, 0.2) is 0 Å². The minimum atomic E-state index is -4.96. The number of aliphatic hydroxyl groups excluding tert-OH is 1. The first-order valence-corrected chi connectivity index (χ1v) is 46.7. The van der Waals surface area contributed by atoms with Crippen molar-refractivity contribution in [2.45, 2.75) is 459 Å². The Balaban J connectivity index is 5.20. The Morgan fingerprint density at radius 2 is 0.462 bits per heavy atom. The van der Waals surface area contributed by atoms with Gasteiger partial charge in [-0.2, -0.15) is 0 Å². The van der Waals surface area contributed by atoms with Gasteiger partial charge in [0.25, 0.3) is 0 Å². The number of rotatable bonds is 82. The van der Waals surface area contributed by atoms with Gasteiger partial charge in [0.2, 0.25) is 0 Å². The van der Waals surface area contributed by atoms with Crippen LogP contribution in [0, 0.1) is 23.7 Å². The van der Waals surface area contributed by atoms with Gasteiger partial charge in [0, 0.05) is 25.7 Å². The van der Waals surface area contributed by atoms with Crippen LogP contribution in [-0.4, -0.2) is 96.7 Å². The van der Waals surface area contributed by atoms with E-state index in [2.05, 4.69) is 55.4 Å². The lowest BCUT2D eigenvalue weighted by Gasteiger charge is -2.21. The van der Waals surface area contributed by atoms with Crippen LogP contribution in [0.3, 0.4) is 0 Å². The molecule has 17 nitrogen and oxygen atoms in total. The molecule has 3 N–H and O–H groups in total. The number of esters is 4. The summed E-state index contributed by atoms with van der Waals surface area (Å²) in [4.78, 5) is 73.1. The van der Waals surface area contributed by atoms with Gasteiger partial charge < -0.3 is 33.8 Å². The van der Waals surface area contributed by atoms with Crippen molar-refractivity contribution in [3.8, 4) is 0 Å². The fraction of sp³-hybridized carbons (Fsp3) is 0.953. The van der Waals surface area contributed by atoms with Crippen molar-refractivity contribution >= 4 is 39.5 Å². The Bertz CT molecular complexity index is 2030. The molecule has 0 aliphatic carbocycles. The fourth-order valence-corrected chi connectivity index (χ4v) is 14.7. The molecule has 0 aromatic rings. The number of carbonyl (C=O) groups is 4. The first-order valence-electron chi connectivity index (χ1n) is 43.7. The molecule has 0 heterocycles. The van der Waals surface area contributed by atoms with Crippen molar-refractivity contribution in [3.63, 3.8) is 0 Å². The molecule has 0 saturated carbocycles. The minimum absolute atomic E-state index is 0.107. The number of phosphoric ester groups is 2. The highest BCUT2D eigenvalue weighted by atomic mass is 31.2. The molecule has 104 heavy (non-hydrogen) atoms. The van der Waals surface area contributed by atoms with Crippen molar-refractivity contribution in [3.05, 3.63) is 0 Å². The molecular weight excluding hydrogens is 1350 g/mol. The summed E-state index contributed by atoms with van der Waals surface area (Å²) < 4.78 is 68.8. The number of unbranched alkanes of at least 4 members (excludes halogenated alkanes) is 47. The van der Waals surface area contributed by atoms with Crippen molar-refractivity contribution in [1.29, 1.82) is 0 Å². The molecule has 0 saturated heterocycles. The van der Waals surface area contributed by atoms with E-state index in [0.717, 1.165) is 114 Å². The number of ether oxygens (including phenoxy) is 4. The van der Waals surface area contributed by atoms with E-state index in [0.29, 0.717) is 31.6 Å². The van der Waals surface area contributed by atoms with Crippen LogP contribution in [-0.2, 0) is 65.4 Å². The third-order valence-electron chi connectivity index (χ3n) is 20.2. The van der Waals surface area contributed by atoms with Crippen molar-refractivity contribution in [1.82, 2.24) is 0 Å². The average molecular weight is 1520 g/mol. The molecule has 0 spiro atoms. The molecule has 4 unspecified atom stereocenters. The Labute approximate surface area is 638 Å². The van der Waals surface area contributed by atoms with E-state index in [1.807, 2.05) is 0 Å². The Hall–Kier alpha value is -1.94. The van der Waals surface area contributed by atoms with E-state index < -0.39 is 97.5 Å². The normalized spacial score (nSPS) is 14.2. The maximum absolute atomic E-state index is 13.1. The van der Waals surface area contributed by atoms with E-state index in [1.54, 1.807) is 0 Å². The van der Waals surface area contributed by atoms with Gasteiger partial charge in [-0.1, -0.05) is 389 Å². The second-order valence-corrected chi connectivity index (χ2v) is 35.2. The van der Waals surface area contributed by atoms with Gasteiger partial charge in [0.05, 0.1) is 26.4 Å². The van der Waals surface area contributed by atoms with Gasteiger partial charge in [-0.25, -0.2) is 9.13 Å². The molecule has 0 aliphatic heterocycles. The molecule has 6 atom stereocenters.